The molecule has 26 heavy (non-hydrogen) atoms. The van der Waals surface area contributed by atoms with Crippen LogP contribution in [0, 0.1) is 11.8 Å². The molecule has 0 saturated heterocycles. The first-order valence-electron chi connectivity index (χ1n) is 9.02. The van der Waals surface area contributed by atoms with Gasteiger partial charge in [0.1, 0.15) is 0 Å². The van der Waals surface area contributed by atoms with E-state index >= 15 is 0 Å². The molecule has 1 aliphatic carbocycles. The van der Waals surface area contributed by atoms with Crippen LogP contribution in [-0.4, -0.2) is 41.5 Å². The number of amides is 3. The smallest absolute Gasteiger partial charge is 0.321 e. The first-order valence-corrected chi connectivity index (χ1v) is 9.02. The van der Waals surface area contributed by atoms with Crippen LogP contribution in [-0.2, 0) is 9.59 Å². The highest BCUT2D eigenvalue weighted by molar-refractivity contribution is 5.94. The second-order valence-electron chi connectivity index (χ2n) is 6.95. The molecule has 7 nitrogen and oxygen atoms in total. The number of nitrogens with zero attached hydrogens (tertiary/aromatic N) is 1. The zero-order valence-corrected chi connectivity index (χ0v) is 15.3. The summed E-state index contributed by atoms with van der Waals surface area (Å²) in [6.07, 6.45) is 5.23. The van der Waals surface area contributed by atoms with Crippen molar-refractivity contribution in [3.8, 4) is 0 Å². The Kier molecular flexibility index (Phi) is 7.00. The molecule has 0 aliphatic heterocycles. The van der Waals surface area contributed by atoms with Gasteiger partial charge in [-0.3, -0.25) is 9.59 Å². The molecule has 0 aromatic heterocycles. The van der Waals surface area contributed by atoms with Crippen LogP contribution in [0.3, 0.4) is 0 Å². The van der Waals surface area contributed by atoms with Crippen LogP contribution < -0.4 is 10.6 Å². The number of carboxylic acid groups (broad SMARTS) is 1. The molecular formula is C19H27N3O4. The van der Waals surface area contributed by atoms with Crippen LogP contribution in [0.25, 0.3) is 0 Å². The Morgan fingerprint density at radius 3 is 2.38 bits per heavy atom. The lowest BCUT2D eigenvalue weighted by Crippen LogP contribution is -2.36. The summed E-state index contributed by atoms with van der Waals surface area (Å²) in [5, 5.41) is 14.6. The highest BCUT2D eigenvalue weighted by Crippen LogP contribution is 2.25. The molecule has 1 atom stereocenters. The van der Waals surface area contributed by atoms with Gasteiger partial charge in [0, 0.05) is 30.9 Å². The molecule has 3 amide bonds. The number of rotatable bonds is 6. The number of aliphatic carboxylic acids is 1. The molecule has 7 heteroatoms. The van der Waals surface area contributed by atoms with Crippen molar-refractivity contribution in [1.82, 2.24) is 4.90 Å². The second-order valence-corrected chi connectivity index (χ2v) is 6.95. The minimum absolute atomic E-state index is 0.0283. The minimum atomic E-state index is -0.947. The SMILES string of the molecule is CC(CN(C)C(=O)Nc1cccc(NC(=O)C2CCCCC2)c1)C(=O)O. The van der Waals surface area contributed by atoms with Crippen molar-refractivity contribution >= 4 is 29.3 Å². The molecule has 1 unspecified atom stereocenters. The molecule has 0 radical (unpaired) electrons. The van der Waals surface area contributed by atoms with Crippen LogP contribution >= 0.6 is 0 Å². The monoisotopic (exact) mass is 361 g/mol. The summed E-state index contributed by atoms with van der Waals surface area (Å²) in [6.45, 7) is 1.66. The van der Waals surface area contributed by atoms with Gasteiger partial charge in [-0.15, -0.1) is 0 Å². The molecule has 1 saturated carbocycles. The van der Waals surface area contributed by atoms with Crippen molar-refractivity contribution in [1.29, 1.82) is 0 Å². The van der Waals surface area contributed by atoms with Crippen molar-refractivity contribution in [3.63, 3.8) is 0 Å². The Balaban J connectivity index is 1.92. The summed E-state index contributed by atoms with van der Waals surface area (Å²) in [7, 11) is 1.55. The van der Waals surface area contributed by atoms with Gasteiger partial charge in [0.2, 0.25) is 5.91 Å². The molecule has 1 aromatic rings. The number of carbonyl (C=O) groups is 3. The molecule has 1 aliphatic rings. The summed E-state index contributed by atoms with van der Waals surface area (Å²) in [5.41, 5.74) is 1.19. The minimum Gasteiger partial charge on any atom is -0.481 e. The molecule has 3 N–H and O–H groups in total. The molecule has 1 aromatic carbocycles. The highest BCUT2D eigenvalue weighted by atomic mass is 16.4. The summed E-state index contributed by atoms with van der Waals surface area (Å²) in [6, 6.07) is 6.57. The van der Waals surface area contributed by atoms with Crippen LogP contribution in [0.5, 0.6) is 0 Å². The first kappa shape index (κ1) is 19.8. The summed E-state index contributed by atoms with van der Waals surface area (Å²) in [5.74, 6) is -1.50. The third-order valence-electron chi connectivity index (χ3n) is 4.67. The number of carbonyl (C=O) groups excluding carboxylic acids is 2. The van der Waals surface area contributed by atoms with E-state index in [2.05, 4.69) is 10.6 Å². The van der Waals surface area contributed by atoms with Gasteiger partial charge in [0.05, 0.1) is 5.92 Å². The maximum absolute atomic E-state index is 12.3. The number of carboxylic acids is 1. The highest BCUT2D eigenvalue weighted by Gasteiger charge is 2.21. The van der Waals surface area contributed by atoms with Crippen LogP contribution in [0.2, 0.25) is 0 Å². The number of benzene rings is 1. The van der Waals surface area contributed by atoms with E-state index < -0.39 is 17.9 Å². The molecule has 2 rings (SSSR count). The van der Waals surface area contributed by atoms with Crippen LogP contribution in [0.1, 0.15) is 39.0 Å². The number of urea groups is 1. The van der Waals surface area contributed by atoms with Crippen LogP contribution in [0.15, 0.2) is 24.3 Å². The molecule has 1 fully saturated rings. The molecule has 0 spiro atoms. The fourth-order valence-corrected chi connectivity index (χ4v) is 3.07. The van der Waals surface area contributed by atoms with E-state index in [1.54, 1.807) is 38.2 Å². The summed E-state index contributed by atoms with van der Waals surface area (Å²) < 4.78 is 0. The standard InChI is InChI=1S/C19H27N3O4/c1-13(18(24)25)12-22(2)19(26)21-16-10-6-9-15(11-16)20-17(23)14-7-4-3-5-8-14/h6,9-11,13-14H,3-5,7-8,12H2,1-2H3,(H,20,23)(H,21,26)(H,24,25). The van der Waals surface area contributed by atoms with Crippen molar-refractivity contribution in [2.75, 3.05) is 24.2 Å². The second kappa shape index (κ2) is 9.22. The summed E-state index contributed by atoms with van der Waals surface area (Å²) in [4.78, 5) is 36.7. The topological polar surface area (TPSA) is 98.7 Å². The van der Waals surface area contributed by atoms with Crippen LogP contribution in [0.4, 0.5) is 16.2 Å². The predicted molar refractivity (Wildman–Crippen MR) is 100 cm³/mol. The van der Waals surface area contributed by atoms with Gasteiger partial charge >= 0.3 is 12.0 Å². The van der Waals surface area contributed by atoms with E-state index in [0.29, 0.717) is 11.4 Å². The summed E-state index contributed by atoms with van der Waals surface area (Å²) >= 11 is 0. The first-order chi connectivity index (χ1) is 12.4. The normalized spacial score (nSPS) is 15.8. The molecular weight excluding hydrogens is 334 g/mol. The number of hydrogen-bond acceptors (Lipinski definition) is 3. The van der Waals surface area contributed by atoms with E-state index in [-0.39, 0.29) is 18.4 Å². The fraction of sp³-hybridized carbons (Fsp3) is 0.526. The van der Waals surface area contributed by atoms with Crippen molar-refractivity contribution in [2.24, 2.45) is 11.8 Å². The maximum atomic E-state index is 12.3. The molecule has 142 valence electrons. The van der Waals surface area contributed by atoms with E-state index in [4.69, 9.17) is 5.11 Å². The number of hydrogen-bond donors (Lipinski definition) is 3. The Morgan fingerprint density at radius 1 is 1.15 bits per heavy atom. The van der Waals surface area contributed by atoms with Gasteiger partial charge in [-0.1, -0.05) is 32.3 Å². The van der Waals surface area contributed by atoms with Crippen molar-refractivity contribution < 1.29 is 19.5 Å². The van der Waals surface area contributed by atoms with E-state index in [9.17, 15) is 14.4 Å². The number of nitrogens with one attached hydrogen (secondary N) is 2. The Labute approximate surface area is 153 Å². The Hall–Kier alpha value is -2.57. The average Bonchev–Trinajstić information content (AvgIpc) is 2.62. The lowest BCUT2D eigenvalue weighted by molar-refractivity contribution is -0.141. The van der Waals surface area contributed by atoms with Gasteiger partial charge in [0.15, 0.2) is 0 Å². The largest absolute Gasteiger partial charge is 0.481 e. The van der Waals surface area contributed by atoms with Gasteiger partial charge in [-0.25, -0.2) is 4.79 Å². The Bertz CT molecular complexity index is 656. The van der Waals surface area contributed by atoms with Gasteiger partial charge in [-0.2, -0.15) is 0 Å². The average molecular weight is 361 g/mol. The molecule has 0 bridgehead atoms. The number of anilines is 2. The third kappa shape index (κ3) is 5.75. The van der Waals surface area contributed by atoms with Gasteiger partial charge < -0.3 is 20.6 Å². The van der Waals surface area contributed by atoms with E-state index in [1.165, 1.54) is 11.3 Å². The van der Waals surface area contributed by atoms with Crippen molar-refractivity contribution in [3.05, 3.63) is 24.3 Å². The maximum Gasteiger partial charge on any atom is 0.321 e. The molecule has 0 heterocycles. The van der Waals surface area contributed by atoms with E-state index in [1.807, 2.05) is 0 Å². The zero-order valence-electron chi connectivity index (χ0n) is 15.3. The fourth-order valence-electron chi connectivity index (χ4n) is 3.07. The lowest BCUT2D eigenvalue weighted by atomic mass is 9.88. The Morgan fingerprint density at radius 2 is 1.77 bits per heavy atom. The predicted octanol–water partition coefficient (Wildman–Crippen LogP) is 3.39. The van der Waals surface area contributed by atoms with Gasteiger partial charge in [-0.05, 0) is 31.0 Å². The van der Waals surface area contributed by atoms with Gasteiger partial charge in [0.25, 0.3) is 0 Å². The van der Waals surface area contributed by atoms with E-state index in [0.717, 1.165) is 25.7 Å². The lowest BCUT2D eigenvalue weighted by Gasteiger charge is -2.21. The zero-order chi connectivity index (χ0) is 19.1. The third-order valence-corrected chi connectivity index (χ3v) is 4.67. The quantitative estimate of drug-likeness (QED) is 0.723. The van der Waals surface area contributed by atoms with Crippen molar-refractivity contribution in [2.45, 2.75) is 39.0 Å².